The second-order valence-corrected chi connectivity index (χ2v) is 4.34. The van der Waals surface area contributed by atoms with E-state index in [2.05, 4.69) is 21.2 Å². The van der Waals surface area contributed by atoms with Gasteiger partial charge in [0.15, 0.2) is 0 Å². The zero-order valence-corrected chi connectivity index (χ0v) is 10.4. The van der Waals surface area contributed by atoms with Gasteiger partial charge in [-0.2, -0.15) is 0 Å². The van der Waals surface area contributed by atoms with E-state index in [-0.39, 0.29) is 18.3 Å². The third kappa shape index (κ3) is 3.90. The second kappa shape index (κ2) is 5.96. The molecule has 0 saturated heterocycles. The number of rotatable bonds is 5. The van der Waals surface area contributed by atoms with Crippen LogP contribution in [-0.4, -0.2) is 17.6 Å². The molecule has 1 atom stereocenters. The number of hydrogen-bond donors (Lipinski definition) is 2. The normalized spacial score (nSPS) is 12.4. The summed E-state index contributed by atoms with van der Waals surface area (Å²) in [5, 5.41) is 11.5. The molecule has 0 aliphatic carbocycles. The smallest absolute Gasteiger partial charge is 0.304 e. The summed E-state index contributed by atoms with van der Waals surface area (Å²) in [7, 11) is 0. The van der Waals surface area contributed by atoms with Gasteiger partial charge in [-0.1, -0.05) is 22.0 Å². The number of halogens is 2. The van der Waals surface area contributed by atoms with E-state index in [9.17, 15) is 9.18 Å². The number of benzene rings is 1. The number of hydrogen-bond acceptors (Lipinski definition) is 2. The molecule has 3 nitrogen and oxygen atoms in total. The van der Waals surface area contributed by atoms with E-state index in [1.54, 1.807) is 6.07 Å². The molecule has 0 aromatic heterocycles. The molecule has 0 aliphatic heterocycles. The molecule has 1 unspecified atom stereocenters. The third-order valence-corrected chi connectivity index (χ3v) is 2.91. The van der Waals surface area contributed by atoms with Crippen molar-refractivity contribution in [3.8, 4) is 0 Å². The minimum absolute atomic E-state index is 0.0191. The fourth-order valence-electron chi connectivity index (χ4n) is 1.36. The van der Waals surface area contributed by atoms with Crippen molar-refractivity contribution in [1.82, 2.24) is 5.32 Å². The predicted molar refractivity (Wildman–Crippen MR) is 62.8 cm³/mol. The zero-order chi connectivity index (χ0) is 12.1. The maximum atomic E-state index is 12.8. The van der Waals surface area contributed by atoms with Crippen LogP contribution in [0.25, 0.3) is 0 Å². The number of nitrogens with one attached hydrogen (secondary N) is 1. The maximum absolute atomic E-state index is 12.8. The highest BCUT2D eigenvalue weighted by Gasteiger charge is 2.09. The first-order chi connectivity index (χ1) is 7.50. The van der Waals surface area contributed by atoms with Crippen LogP contribution in [-0.2, 0) is 4.79 Å². The molecule has 0 fully saturated rings. The molecule has 1 aromatic carbocycles. The van der Waals surface area contributed by atoms with E-state index in [1.807, 2.05) is 6.92 Å². The second-order valence-electron chi connectivity index (χ2n) is 3.49. The average Bonchev–Trinajstić information content (AvgIpc) is 2.16. The van der Waals surface area contributed by atoms with Crippen LogP contribution in [0.3, 0.4) is 0 Å². The molecule has 0 saturated carbocycles. The Morgan fingerprint density at radius 2 is 2.31 bits per heavy atom. The standard InChI is InChI=1S/C11H13BrFNO2/c1-7(14-5-4-11(15)16)9-3-2-8(13)6-10(9)12/h2-3,6-7,14H,4-5H2,1H3,(H,15,16). The van der Waals surface area contributed by atoms with Crippen molar-refractivity contribution < 1.29 is 14.3 Å². The molecule has 2 N–H and O–H groups in total. The molecule has 1 rings (SSSR count). The molecule has 0 heterocycles. The van der Waals surface area contributed by atoms with Gasteiger partial charge < -0.3 is 10.4 Å². The summed E-state index contributed by atoms with van der Waals surface area (Å²) in [5.74, 6) is -1.13. The van der Waals surface area contributed by atoms with Crippen molar-refractivity contribution in [1.29, 1.82) is 0 Å². The van der Waals surface area contributed by atoms with Crippen LogP contribution in [0.5, 0.6) is 0 Å². The average molecular weight is 290 g/mol. The molecule has 0 radical (unpaired) electrons. The lowest BCUT2D eigenvalue weighted by Crippen LogP contribution is -2.22. The zero-order valence-electron chi connectivity index (χ0n) is 8.84. The van der Waals surface area contributed by atoms with Gasteiger partial charge in [-0.05, 0) is 24.6 Å². The molecule has 0 amide bonds. The topological polar surface area (TPSA) is 49.3 Å². The van der Waals surface area contributed by atoms with Gasteiger partial charge in [0.2, 0.25) is 0 Å². The van der Waals surface area contributed by atoms with Crippen molar-refractivity contribution in [3.05, 3.63) is 34.1 Å². The van der Waals surface area contributed by atoms with Crippen molar-refractivity contribution >= 4 is 21.9 Å². The summed E-state index contributed by atoms with van der Waals surface area (Å²) in [6.07, 6.45) is 0.0726. The third-order valence-electron chi connectivity index (χ3n) is 2.22. The summed E-state index contributed by atoms with van der Waals surface area (Å²) in [6, 6.07) is 4.44. The van der Waals surface area contributed by atoms with Crippen molar-refractivity contribution in [2.45, 2.75) is 19.4 Å². The Morgan fingerprint density at radius 1 is 1.62 bits per heavy atom. The lowest BCUT2D eigenvalue weighted by Gasteiger charge is -2.15. The van der Waals surface area contributed by atoms with E-state index in [0.29, 0.717) is 11.0 Å². The molecule has 0 spiro atoms. The van der Waals surface area contributed by atoms with Gasteiger partial charge in [-0.15, -0.1) is 0 Å². The number of carbonyl (C=O) groups is 1. The lowest BCUT2D eigenvalue weighted by atomic mass is 10.1. The van der Waals surface area contributed by atoms with E-state index in [4.69, 9.17) is 5.11 Å². The molecular formula is C11H13BrFNO2. The Hall–Kier alpha value is -0.940. The SMILES string of the molecule is CC(NCCC(=O)O)c1ccc(F)cc1Br. The van der Waals surface area contributed by atoms with Crippen LogP contribution in [0.2, 0.25) is 0 Å². The van der Waals surface area contributed by atoms with E-state index < -0.39 is 5.97 Å². The lowest BCUT2D eigenvalue weighted by molar-refractivity contribution is -0.136. The number of carboxylic acid groups (broad SMARTS) is 1. The first-order valence-corrected chi connectivity index (χ1v) is 5.70. The molecule has 0 bridgehead atoms. The van der Waals surface area contributed by atoms with Gasteiger partial charge in [-0.3, -0.25) is 4.79 Å². The molecule has 0 aliphatic rings. The Balaban J connectivity index is 2.58. The van der Waals surface area contributed by atoms with Gasteiger partial charge in [0.1, 0.15) is 5.82 Å². The summed E-state index contributed by atoms with van der Waals surface area (Å²) in [6.45, 7) is 2.29. The summed E-state index contributed by atoms with van der Waals surface area (Å²) in [4.78, 5) is 10.3. The van der Waals surface area contributed by atoms with E-state index in [0.717, 1.165) is 5.56 Å². The molecule has 16 heavy (non-hydrogen) atoms. The Bertz CT molecular complexity index is 384. The Morgan fingerprint density at radius 3 is 2.88 bits per heavy atom. The van der Waals surface area contributed by atoms with Gasteiger partial charge in [-0.25, -0.2) is 4.39 Å². The number of carboxylic acids is 1. The van der Waals surface area contributed by atoms with Crippen LogP contribution in [0.1, 0.15) is 24.9 Å². The maximum Gasteiger partial charge on any atom is 0.304 e. The highest BCUT2D eigenvalue weighted by Crippen LogP contribution is 2.23. The van der Waals surface area contributed by atoms with Gasteiger partial charge in [0.25, 0.3) is 0 Å². The Labute approximate surface area is 102 Å². The van der Waals surface area contributed by atoms with Gasteiger partial charge in [0.05, 0.1) is 6.42 Å². The summed E-state index contributed by atoms with van der Waals surface area (Å²) >= 11 is 3.27. The van der Waals surface area contributed by atoms with Crippen LogP contribution in [0.15, 0.2) is 22.7 Å². The summed E-state index contributed by atoms with van der Waals surface area (Å²) < 4.78 is 13.5. The van der Waals surface area contributed by atoms with Crippen LogP contribution < -0.4 is 5.32 Å². The minimum atomic E-state index is -0.835. The molecule has 1 aromatic rings. The highest BCUT2D eigenvalue weighted by molar-refractivity contribution is 9.10. The number of aliphatic carboxylic acids is 1. The summed E-state index contributed by atoms with van der Waals surface area (Å²) in [5.41, 5.74) is 0.909. The van der Waals surface area contributed by atoms with Crippen molar-refractivity contribution in [2.75, 3.05) is 6.54 Å². The van der Waals surface area contributed by atoms with Crippen LogP contribution in [0.4, 0.5) is 4.39 Å². The van der Waals surface area contributed by atoms with Crippen molar-refractivity contribution in [3.63, 3.8) is 0 Å². The molecular weight excluding hydrogens is 277 g/mol. The first-order valence-electron chi connectivity index (χ1n) is 4.91. The van der Waals surface area contributed by atoms with Gasteiger partial charge in [0, 0.05) is 17.1 Å². The van der Waals surface area contributed by atoms with Gasteiger partial charge >= 0.3 is 5.97 Å². The predicted octanol–water partition coefficient (Wildman–Crippen LogP) is 2.71. The monoisotopic (exact) mass is 289 g/mol. The molecule has 5 heteroatoms. The van der Waals surface area contributed by atoms with E-state index >= 15 is 0 Å². The van der Waals surface area contributed by atoms with Crippen LogP contribution in [0, 0.1) is 5.82 Å². The van der Waals surface area contributed by atoms with E-state index in [1.165, 1.54) is 12.1 Å². The highest BCUT2D eigenvalue weighted by atomic mass is 79.9. The fourth-order valence-corrected chi connectivity index (χ4v) is 2.05. The van der Waals surface area contributed by atoms with Crippen molar-refractivity contribution in [2.24, 2.45) is 0 Å². The largest absolute Gasteiger partial charge is 0.481 e. The van der Waals surface area contributed by atoms with Crippen LogP contribution >= 0.6 is 15.9 Å². The first kappa shape index (κ1) is 13.1. The molecule has 88 valence electrons. The fraction of sp³-hybridized carbons (Fsp3) is 0.364. The quantitative estimate of drug-likeness (QED) is 0.876. The minimum Gasteiger partial charge on any atom is -0.481 e. The Kier molecular flexibility index (Phi) is 4.89.